The quantitative estimate of drug-likeness (QED) is 0.699. The van der Waals surface area contributed by atoms with E-state index >= 15 is 0 Å². The van der Waals surface area contributed by atoms with Crippen molar-refractivity contribution in [2.75, 3.05) is 6.54 Å². The maximum Gasteiger partial charge on any atom is 0.234 e. The molecule has 0 fully saturated rings. The van der Waals surface area contributed by atoms with Gasteiger partial charge in [0.25, 0.3) is 0 Å². The van der Waals surface area contributed by atoms with E-state index < -0.39 is 5.91 Å². The summed E-state index contributed by atoms with van der Waals surface area (Å²) in [4.78, 5) is 10.5. The first-order valence-corrected chi connectivity index (χ1v) is 3.86. The molecule has 0 rings (SSSR count). The number of rotatable bonds is 4. The Morgan fingerprint density at radius 2 is 2.36 bits per heavy atom. The summed E-state index contributed by atoms with van der Waals surface area (Å²) in [5.74, 6) is -0.413. The Balaban J connectivity index is 3.62. The second-order valence-corrected chi connectivity index (χ2v) is 2.76. The molecule has 0 aliphatic rings. The molecule has 0 aromatic heterocycles. The van der Waals surface area contributed by atoms with Crippen molar-refractivity contribution >= 4 is 29.1 Å². The summed E-state index contributed by atoms with van der Waals surface area (Å²) < 4.78 is 0. The first kappa shape index (κ1) is 10.8. The first-order valence-electron chi connectivity index (χ1n) is 3.05. The summed E-state index contributed by atoms with van der Waals surface area (Å²) in [6.07, 6.45) is 0. The molecule has 0 aliphatic heterocycles. The Labute approximate surface area is 75.5 Å². The van der Waals surface area contributed by atoms with Gasteiger partial charge >= 0.3 is 0 Å². The van der Waals surface area contributed by atoms with Crippen LogP contribution in [0.2, 0.25) is 0 Å². The summed E-state index contributed by atoms with van der Waals surface area (Å²) in [7, 11) is 0. The van der Waals surface area contributed by atoms with Crippen molar-refractivity contribution in [2.45, 2.75) is 13.0 Å². The van der Waals surface area contributed by atoms with Crippen LogP contribution in [0.3, 0.4) is 0 Å². The van der Waals surface area contributed by atoms with Crippen molar-refractivity contribution in [3.05, 3.63) is 10.6 Å². The van der Waals surface area contributed by atoms with Gasteiger partial charge in [-0.2, -0.15) is 0 Å². The molecule has 0 radical (unpaired) electrons. The molecule has 0 saturated heterocycles. The molecule has 1 unspecified atom stereocenters. The van der Waals surface area contributed by atoms with Crippen LogP contribution < -0.4 is 11.1 Å². The predicted molar refractivity (Wildman–Crippen MR) is 46.4 cm³/mol. The number of nitrogens with two attached hydrogens (primary N) is 1. The van der Waals surface area contributed by atoms with Crippen molar-refractivity contribution in [1.29, 1.82) is 0 Å². The molecule has 5 heteroatoms. The Kier molecular flexibility index (Phi) is 5.28. The molecule has 11 heavy (non-hydrogen) atoms. The minimum absolute atomic E-state index is 0.356. The van der Waals surface area contributed by atoms with E-state index in [1.807, 2.05) is 0 Å². The highest BCUT2D eigenvalue weighted by Gasteiger charge is 2.06. The molecule has 0 bridgehead atoms. The van der Waals surface area contributed by atoms with E-state index in [1.54, 1.807) is 6.92 Å². The fourth-order valence-corrected chi connectivity index (χ4v) is 0.544. The molecule has 1 amide bonds. The molecule has 0 aromatic rings. The average molecular weight is 197 g/mol. The zero-order valence-corrected chi connectivity index (χ0v) is 7.62. The van der Waals surface area contributed by atoms with Gasteiger partial charge in [-0.15, -0.1) is 0 Å². The van der Waals surface area contributed by atoms with E-state index in [9.17, 15) is 4.79 Å². The van der Waals surface area contributed by atoms with Crippen molar-refractivity contribution in [3.8, 4) is 0 Å². The van der Waals surface area contributed by atoms with E-state index in [1.165, 1.54) is 5.54 Å². The van der Waals surface area contributed by atoms with Gasteiger partial charge in [0.05, 0.1) is 6.04 Å². The summed E-state index contributed by atoms with van der Waals surface area (Å²) >= 11 is 10.8. The molecule has 0 aromatic carbocycles. The maximum absolute atomic E-state index is 10.5. The van der Waals surface area contributed by atoms with Crippen molar-refractivity contribution in [2.24, 2.45) is 5.73 Å². The van der Waals surface area contributed by atoms with Crippen LogP contribution >= 0.6 is 23.2 Å². The number of carbonyl (C=O) groups is 1. The number of hydrogen-bond acceptors (Lipinski definition) is 2. The van der Waals surface area contributed by atoms with E-state index in [4.69, 9.17) is 28.9 Å². The zero-order valence-electron chi connectivity index (χ0n) is 6.10. The number of amides is 1. The zero-order chi connectivity index (χ0) is 8.85. The Hall–Kier alpha value is -0.250. The highest BCUT2D eigenvalue weighted by molar-refractivity contribution is 6.36. The van der Waals surface area contributed by atoms with Gasteiger partial charge < -0.3 is 11.1 Å². The third-order valence-electron chi connectivity index (χ3n) is 1.12. The minimum Gasteiger partial charge on any atom is -0.368 e. The topological polar surface area (TPSA) is 55.1 Å². The fourth-order valence-electron chi connectivity index (χ4n) is 0.390. The standard InChI is InChI=1S/C6H10Cl2N2O/c1-4(6(9)11)10-3-5(8)2-7/h2,4,10H,3H2,1H3,(H2,9,11)/b5-2-. The van der Waals surface area contributed by atoms with Crippen LogP contribution in [0.5, 0.6) is 0 Å². The fraction of sp³-hybridized carbons (Fsp3) is 0.500. The summed E-state index contributed by atoms with van der Waals surface area (Å²) in [6, 6.07) is -0.389. The normalized spacial score (nSPS) is 14.6. The lowest BCUT2D eigenvalue weighted by molar-refractivity contribution is -0.119. The number of hydrogen-bond donors (Lipinski definition) is 2. The average Bonchev–Trinajstić information content (AvgIpc) is 1.99. The first-order chi connectivity index (χ1) is 5.07. The van der Waals surface area contributed by atoms with Gasteiger partial charge in [0.1, 0.15) is 0 Å². The second kappa shape index (κ2) is 5.41. The molecule has 0 aliphatic carbocycles. The third-order valence-corrected chi connectivity index (χ3v) is 1.74. The number of nitrogens with one attached hydrogen (secondary N) is 1. The second-order valence-electron chi connectivity index (χ2n) is 2.06. The van der Waals surface area contributed by atoms with Gasteiger partial charge in [0.15, 0.2) is 0 Å². The van der Waals surface area contributed by atoms with Crippen molar-refractivity contribution < 1.29 is 4.79 Å². The lowest BCUT2D eigenvalue weighted by Gasteiger charge is -2.07. The van der Waals surface area contributed by atoms with Gasteiger partial charge in [0, 0.05) is 17.1 Å². The van der Waals surface area contributed by atoms with Crippen molar-refractivity contribution in [3.63, 3.8) is 0 Å². The van der Waals surface area contributed by atoms with Crippen LogP contribution in [0.4, 0.5) is 0 Å². The maximum atomic E-state index is 10.5. The molecule has 3 N–H and O–H groups in total. The lowest BCUT2D eigenvalue weighted by atomic mass is 10.3. The van der Waals surface area contributed by atoms with Gasteiger partial charge in [-0.1, -0.05) is 23.2 Å². The molecule has 0 spiro atoms. The molecule has 0 saturated carbocycles. The summed E-state index contributed by atoms with van der Waals surface area (Å²) in [5, 5.41) is 3.22. The molecule has 64 valence electrons. The summed E-state index contributed by atoms with van der Waals surface area (Å²) in [6.45, 7) is 2.01. The van der Waals surface area contributed by atoms with E-state index in [0.29, 0.717) is 11.6 Å². The van der Waals surface area contributed by atoms with Crippen LogP contribution in [-0.4, -0.2) is 18.5 Å². The molecule has 3 nitrogen and oxygen atoms in total. The molecular formula is C6H10Cl2N2O. The van der Waals surface area contributed by atoms with Crippen LogP contribution in [-0.2, 0) is 4.79 Å². The van der Waals surface area contributed by atoms with Gasteiger partial charge in [-0.25, -0.2) is 0 Å². The van der Waals surface area contributed by atoms with Gasteiger partial charge in [0.2, 0.25) is 5.91 Å². The molecular weight excluding hydrogens is 187 g/mol. The highest BCUT2D eigenvalue weighted by Crippen LogP contribution is 2.00. The number of primary amides is 1. The monoisotopic (exact) mass is 196 g/mol. The Bertz CT molecular complexity index is 170. The number of carbonyl (C=O) groups excluding carboxylic acids is 1. The van der Waals surface area contributed by atoms with Crippen molar-refractivity contribution in [1.82, 2.24) is 5.32 Å². The molecule has 0 heterocycles. The Morgan fingerprint density at radius 3 is 2.73 bits per heavy atom. The van der Waals surface area contributed by atoms with E-state index in [0.717, 1.165) is 0 Å². The predicted octanol–water partition coefficient (Wildman–Crippen LogP) is 0.769. The summed E-state index contributed by atoms with van der Waals surface area (Å²) in [5.41, 5.74) is 6.21. The van der Waals surface area contributed by atoms with E-state index in [-0.39, 0.29) is 6.04 Å². The Morgan fingerprint density at radius 1 is 1.82 bits per heavy atom. The van der Waals surface area contributed by atoms with Crippen LogP contribution in [0.25, 0.3) is 0 Å². The van der Waals surface area contributed by atoms with Gasteiger partial charge in [-0.05, 0) is 6.92 Å². The van der Waals surface area contributed by atoms with E-state index in [2.05, 4.69) is 5.32 Å². The molecule has 1 atom stereocenters. The van der Waals surface area contributed by atoms with Crippen LogP contribution in [0, 0.1) is 0 Å². The van der Waals surface area contributed by atoms with Crippen LogP contribution in [0.1, 0.15) is 6.92 Å². The SMILES string of the molecule is CC(NC/C(Cl)=C/Cl)C(N)=O. The third kappa shape index (κ3) is 5.07. The smallest absolute Gasteiger partial charge is 0.234 e. The van der Waals surface area contributed by atoms with Gasteiger partial charge in [-0.3, -0.25) is 4.79 Å². The largest absolute Gasteiger partial charge is 0.368 e. The highest BCUT2D eigenvalue weighted by atomic mass is 35.5. The van der Waals surface area contributed by atoms with Crippen LogP contribution in [0.15, 0.2) is 10.6 Å². The minimum atomic E-state index is -0.413. The lowest BCUT2D eigenvalue weighted by Crippen LogP contribution is -2.39. The number of halogens is 2.